The lowest BCUT2D eigenvalue weighted by Crippen LogP contribution is -2.07. The van der Waals surface area contributed by atoms with Crippen molar-refractivity contribution in [1.82, 2.24) is 34.5 Å². The molecule has 3 aromatic rings. The first-order valence-corrected chi connectivity index (χ1v) is 6.62. The van der Waals surface area contributed by atoms with Gasteiger partial charge in [-0.05, 0) is 13.8 Å². The molecule has 3 rings (SSSR count). The molecule has 0 unspecified atom stereocenters. The van der Waals surface area contributed by atoms with Crippen LogP contribution in [0, 0.1) is 6.92 Å². The summed E-state index contributed by atoms with van der Waals surface area (Å²) in [5.41, 5.74) is 2.22. The molecule has 8 heteroatoms. The van der Waals surface area contributed by atoms with Crippen LogP contribution in [0.3, 0.4) is 0 Å². The van der Waals surface area contributed by atoms with Gasteiger partial charge in [0.1, 0.15) is 17.1 Å². The molecule has 108 valence electrons. The molecular weight excluding hydrogens is 270 g/mol. The second-order valence-corrected chi connectivity index (χ2v) is 4.89. The van der Waals surface area contributed by atoms with E-state index in [2.05, 4.69) is 25.1 Å². The predicted octanol–water partition coefficient (Wildman–Crippen LogP) is 0.774. The smallest absolute Gasteiger partial charge is 0.251 e. The number of carbonyl (C=O) groups excluding carboxylic acids is 1. The second-order valence-electron chi connectivity index (χ2n) is 4.89. The number of imidazole rings is 1. The minimum Gasteiger partial charge on any atom is -0.300 e. The van der Waals surface area contributed by atoms with Crippen LogP contribution in [0.15, 0.2) is 12.4 Å². The lowest BCUT2D eigenvalue weighted by Gasteiger charge is -2.02. The van der Waals surface area contributed by atoms with Gasteiger partial charge in [0.05, 0.1) is 18.1 Å². The number of rotatable bonds is 4. The Labute approximate surface area is 120 Å². The highest BCUT2D eigenvalue weighted by atomic mass is 16.1. The monoisotopic (exact) mass is 285 g/mol. The van der Waals surface area contributed by atoms with Gasteiger partial charge in [-0.2, -0.15) is 10.2 Å². The van der Waals surface area contributed by atoms with E-state index in [1.165, 1.54) is 4.80 Å². The van der Waals surface area contributed by atoms with Crippen LogP contribution in [0.4, 0.5) is 0 Å². The first kappa shape index (κ1) is 13.3. The summed E-state index contributed by atoms with van der Waals surface area (Å²) in [6.07, 6.45) is 4.16. The molecule has 0 radical (unpaired) electrons. The van der Waals surface area contributed by atoms with Crippen LogP contribution in [0.5, 0.6) is 0 Å². The van der Waals surface area contributed by atoms with Crippen LogP contribution < -0.4 is 0 Å². The average molecular weight is 285 g/mol. The molecule has 21 heavy (non-hydrogen) atoms. The van der Waals surface area contributed by atoms with E-state index < -0.39 is 0 Å². The third kappa shape index (κ3) is 2.39. The maximum absolute atomic E-state index is 11.1. The minimum atomic E-state index is 0.128. The Morgan fingerprint density at radius 1 is 1.19 bits per heavy atom. The molecular formula is C13H15N7O. The molecule has 0 bridgehead atoms. The molecule has 8 nitrogen and oxygen atoms in total. The fraction of sp³-hybridized carbons (Fsp3) is 0.385. The van der Waals surface area contributed by atoms with Crippen molar-refractivity contribution in [2.45, 2.75) is 26.7 Å². The number of hydrogen-bond acceptors (Lipinski definition) is 6. The molecule has 0 atom stereocenters. The van der Waals surface area contributed by atoms with Gasteiger partial charge in [-0.1, -0.05) is 0 Å². The topological polar surface area (TPSA) is 91.4 Å². The standard InChI is InChI=1S/C13H15N7O/c1-8(21)4-5-10-16-9(2)11-12(17-10)19(3)13(18-11)20-14-6-7-15-20/h6-7H,4-5H2,1-3H3. The van der Waals surface area contributed by atoms with E-state index in [0.717, 1.165) is 11.2 Å². The number of carbonyl (C=O) groups is 1. The molecule has 0 aromatic carbocycles. The van der Waals surface area contributed by atoms with Crippen molar-refractivity contribution < 1.29 is 4.79 Å². The van der Waals surface area contributed by atoms with Gasteiger partial charge < -0.3 is 4.79 Å². The molecule has 3 heterocycles. The summed E-state index contributed by atoms with van der Waals surface area (Å²) in [6, 6.07) is 0. The lowest BCUT2D eigenvalue weighted by molar-refractivity contribution is -0.117. The quantitative estimate of drug-likeness (QED) is 0.703. The van der Waals surface area contributed by atoms with Crippen LogP contribution in [0.25, 0.3) is 17.1 Å². The van der Waals surface area contributed by atoms with E-state index in [-0.39, 0.29) is 5.78 Å². The zero-order chi connectivity index (χ0) is 15.0. The zero-order valence-corrected chi connectivity index (χ0v) is 12.1. The zero-order valence-electron chi connectivity index (χ0n) is 12.1. The average Bonchev–Trinajstić information content (AvgIpc) is 3.05. The van der Waals surface area contributed by atoms with Crippen molar-refractivity contribution in [3.63, 3.8) is 0 Å². The molecule has 0 fully saturated rings. The fourth-order valence-electron chi connectivity index (χ4n) is 2.14. The Hall–Kier alpha value is -2.64. The Morgan fingerprint density at radius 2 is 1.90 bits per heavy atom. The first-order valence-electron chi connectivity index (χ1n) is 6.62. The number of aromatic nitrogens is 7. The Morgan fingerprint density at radius 3 is 2.57 bits per heavy atom. The van der Waals surface area contributed by atoms with Gasteiger partial charge in [0.15, 0.2) is 5.65 Å². The first-order chi connectivity index (χ1) is 10.1. The van der Waals surface area contributed by atoms with E-state index in [0.29, 0.717) is 30.3 Å². The van der Waals surface area contributed by atoms with E-state index in [1.54, 1.807) is 19.3 Å². The summed E-state index contributed by atoms with van der Waals surface area (Å²) in [5, 5.41) is 8.17. The lowest BCUT2D eigenvalue weighted by atomic mass is 10.2. The van der Waals surface area contributed by atoms with Crippen molar-refractivity contribution in [3.05, 3.63) is 23.9 Å². The van der Waals surface area contributed by atoms with E-state index in [4.69, 9.17) is 0 Å². The molecule has 0 saturated heterocycles. The summed E-state index contributed by atoms with van der Waals surface area (Å²) >= 11 is 0. The van der Waals surface area contributed by atoms with Crippen LogP contribution in [-0.2, 0) is 18.3 Å². The summed E-state index contributed by atoms with van der Waals surface area (Å²) in [6.45, 7) is 3.45. The Bertz CT molecular complexity index is 804. The van der Waals surface area contributed by atoms with Gasteiger partial charge in [-0.25, -0.2) is 15.0 Å². The van der Waals surface area contributed by atoms with Gasteiger partial charge in [-0.3, -0.25) is 4.57 Å². The van der Waals surface area contributed by atoms with Crippen LogP contribution in [0.2, 0.25) is 0 Å². The Balaban J connectivity index is 2.09. The molecule has 3 aromatic heterocycles. The van der Waals surface area contributed by atoms with Gasteiger partial charge in [0, 0.05) is 19.9 Å². The minimum absolute atomic E-state index is 0.128. The van der Waals surface area contributed by atoms with Crippen LogP contribution >= 0.6 is 0 Å². The van der Waals surface area contributed by atoms with Crippen molar-refractivity contribution in [1.29, 1.82) is 0 Å². The number of nitrogens with zero attached hydrogens (tertiary/aromatic N) is 7. The summed E-state index contributed by atoms with van der Waals surface area (Å²) in [7, 11) is 1.86. The molecule has 0 aliphatic carbocycles. The predicted molar refractivity (Wildman–Crippen MR) is 75.0 cm³/mol. The highest BCUT2D eigenvalue weighted by Gasteiger charge is 2.16. The van der Waals surface area contributed by atoms with Gasteiger partial charge in [0.25, 0.3) is 5.95 Å². The summed E-state index contributed by atoms with van der Waals surface area (Å²) in [4.78, 5) is 26.0. The van der Waals surface area contributed by atoms with Crippen molar-refractivity contribution in [2.75, 3.05) is 0 Å². The summed E-state index contributed by atoms with van der Waals surface area (Å²) in [5.74, 6) is 1.36. The van der Waals surface area contributed by atoms with Crippen LogP contribution in [0.1, 0.15) is 24.9 Å². The third-order valence-electron chi connectivity index (χ3n) is 3.21. The maximum Gasteiger partial charge on any atom is 0.251 e. The molecule has 0 aliphatic rings. The SMILES string of the molecule is CC(=O)CCc1nc(C)c2nc(-n3nccn3)n(C)c2n1. The molecule has 0 N–H and O–H groups in total. The van der Waals surface area contributed by atoms with Gasteiger partial charge >= 0.3 is 0 Å². The largest absolute Gasteiger partial charge is 0.300 e. The molecule has 0 saturated carbocycles. The Kier molecular flexibility index (Phi) is 3.20. The van der Waals surface area contributed by atoms with Gasteiger partial charge in [0.2, 0.25) is 0 Å². The summed E-state index contributed by atoms with van der Waals surface area (Å²) < 4.78 is 1.82. The van der Waals surface area contributed by atoms with E-state index in [9.17, 15) is 4.79 Å². The van der Waals surface area contributed by atoms with Crippen molar-refractivity contribution >= 4 is 16.9 Å². The number of Topliss-reactive ketones (excluding diaryl/α,β-unsaturated/α-hetero) is 1. The second kappa shape index (κ2) is 5.04. The number of ketones is 1. The van der Waals surface area contributed by atoms with Crippen molar-refractivity contribution in [2.24, 2.45) is 7.05 Å². The fourth-order valence-corrected chi connectivity index (χ4v) is 2.14. The maximum atomic E-state index is 11.1. The van der Waals surface area contributed by atoms with E-state index in [1.807, 2.05) is 18.5 Å². The highest BCUT2D eigenvalue weighted by Crippen LogP contribution is 2.18. The molecule has 0 aliphatic heterocycles. The third-order valence-corrected chi connectivity index (χ3v) is 3.21. The highest BCUT2D eigenvalue weighted by molar-refractivity contribution is 5.76. The number of aryl methyl sites for hydroxylation is 3. The van der Waals surface area contributed by atoms with Crippen molar-refractivity contribution in [3.8, 4) is 5.95 Å². The normalized spacial score (nSPS) is 11.2. The van der Waals surface area contributed by atoms with Gasteiger partial charge in [-0.15, -0.1) is 4.80 Å². The molecule has 0 spiro atoms. The molecule has 0 amide bonds. The number of hydrogen-bond donors (Lipinski definition) is 0. The number of fused-ring (bicyclic) bond motifs is 1. The van der Waals surface area contributed by atoms with E-state index >= 15 is 0 Å². The van der Waals surface area contributed by atoms with Crippen LogP contribution in [-0.4, -0.2) is 40.3 Å².